The molecule has 0 spiro atoms. The summed E-state index contributed by atoms with van der Waals surface area (Å²) in [6.07, 6.45) is 0. The maximum atomic E-state index is 13.5. The van der Waals surface area contributed by atoms with Gasteiger partial charge in [0, 0.05) is 11.6 Å². The SMILES string of the molecule is NCc1cc(S(=O)(=O)Nc2c(F)cccc2F)ccc1Cl. The van der Waals surface area contributed by atoms with Crippen molar-refractivity contribution < 1.29 is 17.2 Å². The van der Waals surface area contributed by atoms with Gasteiger partial charge in [-0.2, -0.15) is 0 Å². The molecule has 21 heavy (non-hydrogen) atoms. The number of anilines is 1. The number of nitrogens with two attached hydrogens (primary N) is 1. The lowest BCUT2D eigenvalue weighted by Gasteiger charge is -2.11. The molecule has 2 rings (SSSR count). The fraction of sp³-hybridized carbons (Fsp3) is 0.0769. The summed E-state index contributed by atoms with van der Waals surface area (Å²) in [5.41, 5.74) is 5.12. The van der Waals surface area contributed by atoms with E-state index in [1.54, 1.807) is 0 Å². The second-order valence-corrected chi connectivity index (χ2v) is 6.25. The van der Waals surface area contributed by atoms with Crippen LogP contribution >= 0.6 is 11.6 Å². The fourth-order valence-corrected chi connectivity index (χ4v) is 2.98. The molecule has 0 bridgehead atoms. The van der Waals surface area contributed by atoms with Gasteiger partial charge in [-0.3, -0.25) is 4.72 Å². The molecule has 4 nitrogen and oxygen atoms in total. The number of rotatable bonds is 4. The molecule has 112 valence electrons. The molecule has 0 fully saturated rings. The first-order chi connectivity index (χ1) is 9.85. The van der Waals surface area contributed by atoms with Crippen LogP contribution in [0.2, 0.25) is 5.02 Å². The minimum absolute atomic E-state index is 0.0379. The van der Waals surface area contributed by atoms with Crippen molar-refractivity contribution in [2.24, 2.45) is 5.73 Å². The van der Waals surface area contributed by atoms with E-state index in [0.717, 1.165) is 18.2 Å². The van der Waals surface area contributed by atoms with Crippen LogP contribution in [0.5, 0.6) is 0 Å². The van der Waals surface area contributed by atoms with Gasteiger partial charge in [-0.05, 0) is 35.9 Å². The molecular weight excluding hydrogens is 322 g/mol. The molecule has 0 heterocycles. The maximum Gasteiger partial charge on any atom is 0.262 e. The van der Waals surface area contributed by atoms with Crippen LogP contribution in [-0.4, -0.2) is 8.42 Å². The summed E-state index contributed by atoms with van der Waals surface area (Å²) in [6.45, 7) is 0.0379. The summed E-state index contributed by atoms with van der Waals surface area (Å²) >= 11 is 5.84. The zero-order chi connectivity index (χ0) is 15.6. The van der Waals surface area contributed by atoms with Crippen LogP contribution in [0, 0.1) is 11.6 Å². The van der Waals surface area contributed by atoms with Crippen LogP contribution in [0.3, 0.4) is 0 Å². The monoisotopic (exact) mass is 332 g/mol. The molecule has 0 saturated heterocycles. The number of sulfonamides is 1. The van der Waals surface area contributed by atoms with E-state index in [-0.39, 0.29) is 11.4 Å². The Morgan fingerprint density at radius 3 is 2.33 bits per heavy atom. The Morgan fingerprint density at radius 1 is 1.14 bits per heavy atom. The lowest BCUT2D eigenvalue weighted by atomic mass is 10.2. The number of hydrogen-bond donors (Lipinski definition) is 2. The molecule has 0 saturated carbocycles. The molecule has 0 aromatic heterocycles. The van der Waals surface area contributed by atoms with Crippen LogP contribution < -0.4 is 10.5 Å². The summed E-state index contributed by atoms with van der Waals surface area (Å²) < 4.78 is 53.2. The third-order valence-electron chi connectivity index (χ3n) is 2.75. The first kappa shape index (κ1) is 15.7. The third kappa shape index (κ3) is 3.31. The van der Waals surface area contributed by atoms with Crippen LogP contribution in [0.25, 0.3) is 0 Å². The Labute approximate surface area is 125 Å². The Bertz CT molecular complexity index is 761. The Hall–Kier alpha value is -1.70. The van der Waals surface area contributed by atoms with Gasteiger partial charge in [0.15, 0.2) is 0 Å². The lowest BCUT2D eigenvalue weighted by Crippen LogP contribution is -2.15. The van der Waals surface area contributed by atoms with Crippen molar-refractivity contribution in [1.29, 1.82) is 0 Å². The Kier molecular flexibility index (Phi) is 4.46. The molecule has 0 unspecified atom stereocenters. The highest BCUT2D eigenvalue weighted by Gasteiger charge is 2.19. The standard InChI is InChI=1S/C13H11ClF2N2O2S/c14-10-5-4-9(6-8(10)7-17)21(19,20)18-13-11(15)2-1-3-12(13)16/h1-6,18H,7,17H2. The molecule has 8 heteroatoms. The smallest absolute Gasteiger partial charge is 0.262 e. The molecular formula is C13H11ClF2N2O2S. The maximum absolute atomic E-state index is 13.5. The van der Waals surface area contributed by atoms with E-state index in [0.29, 0.717) is 10.6 Å². The van der Waals surface area contributed by atoms with Gasteiger partial charge >= 0.3 is 0 Å². The number of para-hydroxylation sites is 1. The predicted molar refractivity (Wildman–Crippen MR) is 76.5 cm³/mol. The minimum Gasteiger partial charge on any atom is -0.326 e. The van der Waals surface area contributed by atoms with E-state index in [1.807, 2.05) is 4.72 Å². The summed E-state index contributed by atoms with van der Waals surface area (Å²) in [5, 5.41) is 0.313. The van der Waals surface area contributed by atoms with Gasteiger partial charge in [-0.15, -0.1) is 0 Å². The summed E-state index contributed by atoms with van der Waals surface area (Å²) in [5.74, 6) is -2.02. The average molecular weight is 333 g/mol. The van der Waals surface area contributed by atoms with E-state index >= 15 is 0 Å². The van der Waals surface area contributed by atoms with Crippen molar-refractivity contribution in [3.05, 3.63) is 58.6 Å². The van der Waals surface area contributed by atoms with Crippen LogP contribution in [0.1, 0.15) is 5.56 Å². The van der Waals surface area contributed by atoms with Gasteiger partial charge in [0.2, 0.25) is 0 Å². The number of halogens is 3. The molecule has 3 N–H and O–H groups in total. The molecule has 0 aliphatic carbocycles. The third-order valence-corrected chi connectivity index (χ3v) is 4.46. The lowest BCUT2D eigenvalue weighted by molar-refractivity contribution is 0.583. The number of hydrogen-bond acceptors (Lipinski definition) is 3. The highest BCUT2D eigenvalue weighted by molar-refractivity contribution is 7.92. The van der Waals surface area contributed by atoms with Crippen LogP contribution in [-0.2, 0) is 16.6 Å². The molecule has 0 aliphatic heterocycles. The van der Waals surface area contributed by atoms with Gasteiger partial charge in [0.05, 0.1) is 4.90 Å². The molecule has 0 amide bonds. The second-order valence-electron chi connectivity index (χ2n) is 4.16. The van der Waals surface area contributed by atoms with Crippen molar-refractivity contribution >= 4 is 27.3 Å². The Morgan fingerprint density at radius 2 is 1.76 bits per heavy atom. The number of benzene rings is 2. The van der Waals surface area contributed by atoms with Crippen molar-refractivity contribution in [2.45, 2.75) is 11.4 Å². The van der Waals surface area contributed by atoms with E-state index in [9.17, 15) is 17.2 Å². The van der Waals surface area contributed by atoms with Crippen molar-refractivity contribution in [3.63, 3.8) is 0 Å². The summed E-state index contributed by atoms with van der Waals surface area (Å²) in [7, 11) is -4.15. The minimum atomic E-state index is -4.15. The molecule has 2 aromatic carbocycles. The van der Waals surface area contributed by atoms with Gasteiger partial charge in [-0.25, -0.2) is 17.2 Å². The highest BCUT2D eigenvalue weighted by atomic mass is 35.5. The van der Waals surface area contributed by atoms with Crippen LogP contribution in [0.15, 0.2) is 41.3 Å². The van der Waals surface area contributed by atoms with Crippen molar-refractivity contribution in [2.75, 3.05) is 4.72 Å². The molecule has 0 radical (unpaired) electrons. The zero-order valence-corrected chi connectivity index (χ0v) is 12.2. The quantitative estimate of drug-likeness (QED) is 0.904. The zero-order valence-electron chi connectivity index (χ0n) is 10.6. The molecule has 0 aliphatic rings. The van der Waals surface area contributed by atoms with Crippen molar-refractivity contribution in [3.8, 4) is 0 Å². The first-order valence-corrected chi connectivity index (χ1v) is 7.66. The molecule has 2 aromatic rings. The van der Waals surface area contributed by atoms with Crippen LogP contribution in [0.4, 0.5) is 14.5 Å². The largest absolute Gasteiger partial charge is 0.326 e. The van der Waals surface area contributed by atoms with Crippen molar-refractivity contribution in [1.82, 2.24) is 0 Å². The number of nitrogens with one attached hydrogen (secondary N) is 1. The Balaban J connectivity index is 2.44. The second kappa shape index (κ2) is 5.97. The van der Waals surface area contributed by atoms with E-state index in [2.05, 4.69) is 0 Å². The first-order valence-electron chi connectivity index (χ1n) is 5.80. The molecule has 0 atom stereocenters. The van der Waals surface area contributed by atoms with Gasteiger partial charge < -0.3 is 5.73 Å². The van der Waals surface area contributed by atoms with E-state index < -0.39 is 27.3 Å². The summed E-state index contributed by atoms with van der Waals surface area (Å²) in [6, 6.07) is 6.88. The topological polar surface area (TPSA) is 72.2 Å². The van der Waals surface area contributed by atoms with E-state index in [1.165, 1.54) is 18.2 Å². The van der Waals surface area contributed by atoms with Gasteiger partial charge in [0.25, 0.3) is 10.0 Å². The fourth-order valence-electron chi connectivity index (χ4n) is 1.66. The predicted octanol–water partition coefficient (Wildman–Crippen LogP) is 2.88. The average Bonchev–Trinajstić information content (AvgIpc) is 2.43. The van der Waals surface area contributed by atoms with Gasteiger partial charge in [-0.1, -0.05) is 17.7 Å². The normalized spacial score (nSPS) is 11.4. The van der Waals surface area contributed by atoms with E-state index in [4.69, 9.17) is 17.3 Å². The summed E-state index contributed by atoms with van der Waals surface area (Å²) in [4.78, 5) is -0.185. The highest BCUT2D eigenvalue weighted by Crippen LogP contribution is 2.24. The van der Waals surface area contributed by atoms with Gasteiger partial charge in [0.1, 0.15) is 17.3 Å².